The number of rotatable bonds is 3. The predicted molar refractivity (Wildman–Crippen MR) is 123 cm³/mol. The van der Waals surface area contributed by atoms with Gasteiger partial charge in [0.05, 0.1) is 29.7 Å². The van der Waals surface area contributed by atoms with Gasteiger partial charge in [-0.15, -0.1) is 0 Å². The van der Waals surface area contributed by atoms with Crippen LogP contribution < -0.4 is 14.5 Å². The minimum atomic E-state index is -0.457. The van der Waals surface area contributed by atoms with Gasteiger partial charge in [-0.2, -0.15) is 5.10 Å². The second-order valence-electron chi connectivity index (χ2n) is 8.63. The summed E-state index contributed by atoms with van der Waals surface area (Å²) in [6.45, 7) is 5.74. The molecule has 1 aliphatic carbocycles. The zero-order valence-electron chi connectivity index (χ0n) is 18.5. The summed E-state index contributed by atoms with van der Waals surface area (Å²) in [5.41, 5.74) is 4.19. The van der Waals surface area contributed by atoms with Crippen LogP contribution in [0.4, 0.5) is 16.2 Å². The number of carbonyl (C=O) groups is 2. The monoisotopic (exact) mass is 430 g/mol. The lowest BCUT2D eigenvalue weighted by molar-refractivity contribution is -0.117. The summed E-state index contributed by atoms with van der Waals surface area (Å²) in [5.74, 6) is 0.475. The summed E-state index contributed by atoms with van der Waals surface area (Å²) >= 11 is 0. The molecular formula is C25H26N4O3. The van der Waals surface area contributed by atoms with Gasteiger partial charge in [0.2, 0.25) is 5.91 Å². The second-order valence-corrected chi connectivity index (χ2v) is 8.63. The first-order valence-electron chi connectivity index (χ1n) is 11.0. The summed E-state index contributed by atoms with van der Waals surface area (Å²) in [4.78, 5) is 29.0. The molecule has 0 bridgehead atoms. The van der Waals surface area contributed by atoms with Crippen LogP contribution >= 0.6 is 0 Å². The highest BCUT2D eigenvalue weighted by molar-refractivity contribution is 6.03. The molecule has 2 amide bonds. The largest absolute Gasteiger partial charge is 0.419 e. The van der Waals surface area contributed by atoms with E-state index in [2.05, 4.69) is 5.10 Å². The van der Waals surface area contributed by atoms with E-state index in [1.165, 1.54) is 0 Å². The molecule has 2 aromatic carbocycles. The standard InChI is InChI=1S/C25H26N4O3/c1-16-6-4-5-7-24(16)32-25(31)27-14-17(2)29(18(3)30)22-11-8-19(12-23(22)27)20-13-26-28(15-20)21-9-10-21/h4-8,11-13,15,17,21H,9-10,14H2,1-3H3/t17-/m0/s1. The van der Waals surface area contributed by atoms with Gasteiger partial charge >= 0.3 is 6.09 Å². The van der Waals surface area contributed by atoms with Crippen LogP contribution in [0.1, 0.15) is 38.3 Å². The van der Waals surface area contributed by atoms with Gasteiger partial charge in [-0.25, -0.2) is 4.79 Å². The Morgan fingerprint density at radius 3 is 2.56 bits per heavy atom. The van der Waals surface area contributed by atoms with Crippen molar-refractivity contribution in [3.8, 4) is 16.9 Å². The first-order chi connectivity index (χ1) is 15.4. The van der Waals surface area contributed by atoms with Crippen LogP contribution in [0.25, 0.3) is 11.1 Å². The van der Waals surface area contributed by atoms with Crippen molar-refractivity contribution in [2.75, 3.05) is 16.3 Å². The summed E-state index contributed by atoms with van der Waals surface area (Å²) < 4.78 is 7.74. The molecule has 0 radical (unpaired) electrons. The molecule has 1 saturated carbocycles. The maximum Gasteiger partial charge on any atom is 0.419 e. The molecule has 7 heteroatoms. The Bertz CT molecular complexity index is 1200. The van der Waals surface area contributed by atoms with Gasteiger partial charge in [0, 0.05) is 25.2 Å². The topological polar surface area (TPSA) is 67.7 Å². The molecule has 2 heterocycles. The SMILES string of the molecule is CC(=O)N1c2ccc(-c3cnn(C4CC4)c3)cc2N(C(=O)Oc2ccccc2C)C[C@@H]1C. The van der Waals surface area contributed by atoms with Gasteiger partial charge in [0.25, 0.3) is 0 Å². The number of ether oxygens (including phenoxy) is 1. The van der Waals surface area contributed by atoms with Gasteiger partial charge in [-0.1, -0.05) is 24.3 Å². The van der Waals surface area contributed by atoms with Crippen LogP contribution in [-0.2, 0) is 4.79 Å². The van der Waals surface area contributed by atoms with Crippen LogP contribution in [0, 0.1) is 6.92 Å². The molecule has 164 valence electrons. The van der Waals surface area contributed by atoms with Crippen LogP contribution in [-0.4, -0.2) is 34.4 Å². The molecule has 1 aliphatic heterocycles. The van der Waals surface area contributed by atoms with Gasteiger partial charge < -0.3 is 9.64 Å². The van der Waals surface area contributed by atoms with Crippen molar-refractivity contribution >= 4 is 23.4 Å². The van der Waals surface area contributed by atoms with Crippen molar-refractivity contribution in [1.29, 1.82) is 0 Å². The fraction of sp³-hybridized carbons (Fsp3) is 0.320. The highest BCUT2D eigenvalue weighted by atomic mass is 16.6. The van der Waals surface area contributed by atoms with Crippen LogP contribution in [0.3, 0.4) is 0 Å². The number of para-hydroxylation sites is 1. The van der Waals surface area contributed by atoms with E-state index in [1.54, 1.807) is 22.8 Å². The Kier molecular flexibility index (Phi) is 4.96. The normalized spacial score (nSPS) is 17.8. The summed E-state index contributed by atoms with van der Waals surface area (Å²) in [6, 6.07) is 13.6. The molecule has 2 aliphatic rings. The molecular weight excluding hydrogens is 404 g/mol. The first kappa shape index (κ1) is 20.3. The van der Waals surface area contributed by atoms with Crippen LogP contribution in [0.5, 0.6) is 5.75 Å². The molecule has 7 nitrogen and oxygen atoms in total. The number of benzene rings is 2. The fourth-order valence-electron chi connectivity index (χ4n) is 4.30. The number of anilines is 2. The third-order valence-electron chi connectivity index (χ3n) is 6.12. The van der Waals surface area contributed by atoms with Crippen LogP contribution in [0.2, 0.25) is 0 Å². The molecule has 0 spiro atoms. The maximum atomic E-state index is 13.2. The van der Waals surface area contributed by atoms with Crippen molar-refractivity contribution in [2.24, 2.45) is 0 Å². The van der Waals surface area contributed by atoms with Crippen molar-refractivity contribution < 1.29 is 14.3 Å². The second kappa shape index (κ2) is 7.82. The van der Waals surface area contributed by atoms with E-state index in [-0.39, 0.29) is 11.9 Å². The highest BCUT2D eigenvalue weighted by Crippen LogP contribution is 2.40. The Labute approximate surface area is 187 Å². The molecule has 5 rings (SSSR count). The van der Waals surface area contributed by atoms with E-state index < -0.39 is 6.09 Å². The molecule has 1 aromatic heterocycles. The Hall–Kier alpha value is -3.61. The van der Waals surface area contributed by atoms with E-state index in [4.69, 9.17) is 4.74 Å². The number of carbonyl (C=O) groups excluding carboxylic acids is 2. The minimum Gasteiger partial charge on any atom is -0.410 e. The zero-order chi connectivity index (χ0) is 22.4. The highest BCUT2D eigenvalue weighted by Gasteiger charge is 2.35. The molecule has 0 N–H and O–H groups in total. The third kappa shape index (κ3) is 3.64. The van der Waals surface area contributed by atoms with E-state index in [1.807, 2.05) is 67.3 Å². The Morgan fingerprint density at radius 2 is 1.84 bits per heavy atom. The number of fused-ring (bicyclic) bond motifs is 1. The average molecular weight is 431 g/mol. The molecule has 32 heavy (non-hydrogen) atoms. The Morgan fingerprint density at radius 1 is 1.06 bits per heavy atom. The van der Waals surface area contributed by atoms with Crippen molar-refractivity contribution in [2.45, 2.75) is 45.7 Å². The lowest BCUT2D eigenvalue weighted by Crippen LogP contribution is -2.52. The Balaban J connectivity index is 1.53. The van der Waals surface area contributed by atoms with Crippen molar-refractivity contribution in [3.05, 3.63) is 60.4 Å². The smallest absolute Gasteiger partial charge is 0.410 e. The summed E-state index contributed by atoms with van der Waals surface area (Å²) in [7, 11) is 0. The molecule has 0 unspecified atom stereocenters. The summed E-state index contributed by atoms with van der Waals surface area (Å²) in [5, 5.41) is 4.49. The van der Waals surface area contributed by atoms with Crippen molar-refractivity contribution in [1.82, 2.24) is 9.78 Å². The van der Waals surface area contributed by atoms with E-state index in [0.717, 1.165) is 29.5 Å². The van der Waals surface area contributed by atoms with Gasteiger partial charge in [0.15, 0.2) is 0 Å². The van der Waals surface area contributed by atoms with Gasteiger partial charge in [-0.05, 0) is 56.0 Å². The lowest BCUT2D eigenvalue weighted by atomic mass is 10.0. The zero-order valence-corrected chi connectivity index (χ0v) is 18.5. The number of aromatic nitrogens is 2. The quantitative estimate of drug-likeness (QED) is 0.589. The number of nitrogens with zero attached hydrogens (tertiary/aromatic N) is 4. The van der Waals surface area contributed by atoms with Crippen molar-refractivity contribution in [3.63, 3.8) is 0 Å². The predicted octanol–water partition coefficient (Wildman–Crippen LogP) is 4.95. The maximum absolute atomic E-state index is 13.2. The molecule has 3 aromatic rings. The number of aryl methyl sites for hydroxylation is 1. The average Bonchev–Trinajstić information content (AvgIpc) is 3.50. The fourth-order valence-corrected chi connectivity index (χ4v) is 4.30. The molecule has 1 fully saturated rings. The minimum absolute atomic E-state index is 0.0556. The van der Waals surface area contributed by atoms with Gasteiger partial charge in [-0.3, -0.25) is 14.4 Å². The van der Waals surface area contributed by atoms with E-state index >= 15 is 0 Å². The number of hydrogen-bond acceptors (Lipinski definition) is 4. The van der Waals surface area contributed by atoms with E-state index in [9.17, 15) is 9.59 Å². The molecule has 0 saturated heterocycles. The summed E-state index contributed by atoms with van der Waals surface area (Å²) in [6.07, 6.45) is 5.76. The number of amides is 2. The first-order valence-corrected chi connectivity index (χ1v) is 11.0. The van der Waals surface area contributed by atoms with E-state index in [0.29, 0.717) is 29.7 Å². The third-order valence-corrected chi connectivity index (χ3v) is 6.12. The number of hydrogen-bond donors (Lipinski definition) is 0. The van der Waals surface area contributed by atoms with Crippen LogP contribution in [0.15, 0.2) is 54.9 Å². The lowest BCUT2D eigenvalue weighted by Gasteiger charge is -2.40. The van der Waals surface area contributed by atoms with Gasteiger partial charge in [0.1, 0.15) is 5.75 Å². The molecule has 1 atom stereocenters.